The van der Waals surface area contributed by atoms with Crippen LogP contribution in [0, 0.1) is 11.8 Å². The molecule has 2 aliphatic heterocycles. The van der Waals surface area contributed by atoms with Gasteiger partial charge in [0.2, 0.25) is 0 Å². The topological polar surface area (TPSA) is 107 Å². The molecule has 6 N–H and O–H groups in total. The smallest absolute Gasteiger partial charge is 0.179 e. The Bertz CT molecular complexity index is 636. The Morgan fingerprint density at radius 3 is 1.89 bits per heavy atom. The minimum Gasteiger partial charge on any atom is -0.490 e. The van der Waals surface area contributed by atoms with Crippen LogP contribution in [0.25, 0.3) is 0 Å². The number of aliphatic hydroxyl groups is 2. The molecular weight excluding hydrogens is 384 g/mol. The van der Waals surface area contributed by atoms with E-state index in [2.05, 4.69) is 21.7 Å². The number of nitrogens with one attached hydrogen (secondary N) is 4. The fourth-order valence-corrected chi connectivity index (χ4v) is 4.68. The summed E-state index contributed by atoms with van der Waals surface area (Å²) in [6.45, 7) is 8.76. The number of hydrogen-bond acceptors (Lipinski definition) is 8. The molecule has 0 saturated carbocycles. The maximum absolute atomic E-state index is 10.6. The van der Waals surface area contributed by atoms with Gasteiger partial charge in [0.15, 0.2) is 11.5 Å². The Balaban J connectivity index is 2.09. The molecule has 2 aliphatic rings. The van der Waals surface area contributed by atoms with E-state index in [0.717, 1.165) is 5.56 Å². The van der Waals surface area contributed by atoms with Gasteiger partial charge in [-0.25, -0.2) is 10.9 Å². The van der Waals surface area contributed by atoms with E-state index in [1.165, 1.54) is 0 Å². The number of hydrazine groups is 2. The second kappa shape index (κ2) is 9.13. The number of ether oxygens (including phenoxy) is 2. The summed E-state index contributed by atoms with van der Waals surface area (Å²) >= 11 is 6.56. The molecular formula is C19H31ClN4O4. The van der Waals surface area contributed by atoms with Crippen LogP contribution in [0.1, 0.15) is 39.2 Å². The number of aliphatic hydroxyl groups excluding tert-OH is 2. The lowest BCUT2D eigenvalue weighted by Gasteiger charge is -2.36. The fourth-order valence-electron chi connectivity index (χ4n) is 4.41. The molecule has 0 radical (unpaired) electrons. The van der Waals surface area contributed by atoms with Crippen LogP contribution in [0.15, 0.2) is 12.1 Å². The molecule has 158 valence electrons. The summed E-state index contributed by atoms with van der Waals surface area (Å²) in [4.78, 5) is 0. The summed E-state index contributed by atoms with van der Waals surface area (Å²) in [7, 11) is 0. The van der Waals surface area contributed by atoms with E-state index in [4.69, 9.17) is 21.1 Å². The van der Waals surface area contributed by atoms with Gasteiger partial charge in [-0.3, -0.25) is 10.9 Å². The molecule has 0 aromatic heterocycles. The van der Waals surface area contributed by atoms with E-state index < -0.39 is 12.5 Å². The van der Waals surface area contributed by atoms with Crippen LogP contribution < -0.4 is 31.2 Å². The third-order valence-corrected chi connectivity index (χ3v) is 5.92. The third kappa shape index (κ3) is 4.09. The molecule has 1 aromatic carbocycles. The zero-order valence-electron chi connectivity index (χ0n) is 16.7. The van der Waals surface area contributed by atoms with Gasteiger partial charge < -0.3 is 19.7 Å². The van der Waals surface area contributed by atoms with E-state index in [1.807, 2.05) is 39.8 Å². The van der Waals surface area contributed by atoms with Gasteiger partial charge >= 0.3 is 0 Å². The zero-order valence-corrected chi connectivity index (χ0v) is 17.5. The lowest BCUT2D eigenvalue weighted by atomic mass is 9.71. The van der Waals surface area contributed by atoms with Gasteiger partial charge in [0.05, 0.1) is 18.2 Å². The van der Waals surface area contributed by atoms with Crippen LogP contribution >= 0.6 is 11.6 Å². The Morgan fingerprint density at radius 1 is 0.929 bits per heavy atom. The summed E-state index contributed by atoms with van der Waals surface area (Å²) in [5, 5.41) is 21.7. The van der Waals surface area contributed by atoms with Gasteiger partial charge in [-0.15, -0.1) is 0 Å². The van der Waals surface area contributed by atoms with Gasteiger partial charge in [-0.1, -0.05) is 11.6 Å². The second-order valence-electron chi connectivity index (χ2n) is 7.42. The summed E-state index contributed by atoms with van der Waals surface area (Å²) in [6.07, 6.45) is -1.53. The molecule has 1 aromatic rings. The number of hydrogen-bond donors (Lipinski definition) is 6. The molecule has 2 saturated heterocycles. The van der Waals surface area contributed by atoms with Crippen LogP contribution in [0.5, 0.6) is 11.5 Å². The molecule has 0 aliphatic carbocycles. The van der Waals surface area contributed by atoms with E-state index in [9.17, 15) is 10.2 Å². The van der Waals surface area contributed by atoms with Crippen molar-refractivity contribution >= 4 is 11.6 Å². The van der Waals surface area contributed by atoms with Crippen LogP contribution in [-0.4, -0.2) is 48.0 Å². The molecule has 0 amide bonds. The SMILES string of the molecule is CCOc1cc(C(C2C(C)NNC2O)C2C(C)NNC2O)cc(Cl)c1OCC. The quantitative estimate of drug-likeness (QED) is 0.393. The van der Waals surface area contributed by atoms with Crippen molar-refractivity contribution in [3.8, 4) is 11.5 Å². The van der Waals surface area contributed by atoms with Crippen molar-refractivity contribution in [1.82, 2.24) is 21.7 Å². The Labute approximate surface area is 170 Å². The molecule has 6 atom stereocenters. The molecule has 28 heavy (non-hydrogen) atoms. The van der Waals surface area contributed by atoms with Gasteiger partial charge in [0.25, 0.3) is 0 Å². The first-order valence-corrected chi connectivity index (χ1v) is 10.2. The summed E-state index contributed by atoms with van der Waals surface area (Å²) < 4.78 is 11.5. The highest BCUT2D eigenvalue weighted by Gasteiger charge is 2.48. The van der Waals surface area contributed by atoms with Gasteiger partial charge in [-0.2, -0.15) is 0 Å². The molecule has 3 rings (SSSR count). The predicted molar refractivity (Wildman–Crippen MR) is 107 cm³/mol. The standard InChI is InChI=1S/C19H31ClN4O4/c1-5-27-13-8-11(7-12(20)17(13)28-6-2)16(14-9(3)21-23-18(14)25)15-10(4)22-24-19(15)26/h7-10,14-16,18-19,21-26H,5-6H2,1-4H3. The van der Waals surface area contributed by atoms with E-state index in [-0.39, 0.29) is 29.8 Å². The lowest BCUT2D eigenvalue weighted by molar-refractivity contribution is 0.0396. The molecule has 0 bridgehead atoms. The highest BCUT2D eigenvalue weighted by Crippen LogP contribution is 2.46. The van der Waals surface area contributed by atoms with E-state index >= 15 is 0 Å². The van der Waals surface area contributed by atoms with Crippen LogP contribution in [0.3, 0.4) is 0 Å². The highest BCUT2D eigenvalue weighted by atomic mass is 35.5. The maximum atomic E-state index is 10.6. The number of rotatable bonds is 7. The molecule has 9 heteroatoms. The second-order valence-corrected chi connectivity index (χ2v) is 7.83. The fraction of sp³-hybridized carbons (Fsp3) is 0.684. The van der Waals surface area contributed by atoms with Crippen LogP contribution in [0.2, 0.25) is 5.02 Å². The number of benzene rings is 1. The van der Waals surface area contributed by atoms with Crippen LogP contribution in [-0.2, 0) is 0 Å². The van der Waals surface area contributed by atoms with Crippen molar-refractivity contribution in [2.45, 2.75) is 58.2 Å². The van der Waals surface area contributed by atoms with Crippen molar-refractivity contribution in [2.24, 2.45) is 11.8 Å². The van der Waals surface area contributed by atoms with Crippen molar-refractivity contribution in [2.75, 3.05) is 13.2 Å². The largest absolute Gasteiger partial charge is 0.490 e. The minimum atomic E-state index is -0.763. The first-order valence-electron chi connectivity index (χ1n) is 9.86. The van der Waals surface area contributed by atoms with Gasteiger partial charge in [0.1, 0.15) is 12.5 Å². The van der Waals surface area contributed by atoms with Crippen molar-refractivity contribution < 1.29 is 19.7 Å². The van der Waals surface area contributed by atoms with Crippen LogP contribution in [0.4, 0.5) is 0 Å². The normalized spacial score (nSPS) is 33.8. The lowest BCUT2D eigenvalue weighted by Crippen LogP contribution is -2.41. The Hall–Kier alpha value is -1.13. The average molecular weight is 415 g/mol. The van der Waals surface area contributed by atoms with E-state index in [1.54, 1.807) is 0 Å². The minimum absolute atomic E-state index is 0.0131. The van der Waals surface area contributed by atoms with Crippen molar-refractivity contribution in [1.29, 1.82) is 0 Å². The Morgan fingerprint density at radius 2 is 1.46 bits per heavy atom. The Kier molecular flexibility index (Phi) is 7.03. The zero-order chi connectivity index (χ0) is 20.4. The number of halogens is 1. The third-order valence-electron chi connectivity index (χ3n) is 5.64. The summed E-state index contributed by atoms with van der Waals surface area (Å²) in [5.41, 5.74) is 12.9. The van der Waals surface area contributed by atoms with Gasteiger partial charge in [-0.05, 0) is 45.4 Å². The van der Waals surface area contributed by atoms with Gasteiger partial charge in [0, 0.05) is 29.8 Å². The molecule has 0 spiro atoms. The highest BCUT2D eigenvalue weighted by molar-refractivity contribution is 6.32. The molecule has 8 nitrogen and oxygen atoms in total. The average Bonchev–Trinajstić information content (AvgIpc) is 3.15. The summed E-state index contributed by atoms with van der Waals surface area (Å²) in [6, 6.07) is 3.75. The monoisotopic (exact) mass is 414 g/mol. The predicted octanol–water partition coefficient (Wildman–Crippen LogP) is 1.08. The first-order chi connectivity index (χ1) is 13.4. The summed E-state index contributed by atoms with van der Waals surface area (Å²) in [5.74, 6) is 0.506. The first kappa shape index (κ1) is 21.6. The van der Waals surface area contributed by atoms with Crippen molar-refractivity contribution in [3.63, 3.8) is 0 Å². The maximum Gasteiger partial charge on any atom is 0.179 e. The molecule has 2 fully saturated rings. The molecule has 6 unspecified atom stereocenters. The van der Waals surface area contributed by atoms with Crippen molar-refractivity contribution in [3.05, 3.63) is 22.7 Å². The molecule has 2 heterocycles. The van der Waals surface area contributed by atoms with E-state index in [0.29, 0.717) is 29.7 Å².